The third-order valence-corrected chi connectivity index (χ3v) is 7.33. The molecule has 2 aliphatic carbocycles. The van der Waals surface area contributed by atoms with Gasteiger partial charge in [-0.3, -0.25) is 9.59 Å². The molecule has 3 atom stereocenters. The van der Waals surface area contributed by atoms with Crippen LogP contribution < -0.4 is 4.74 Å². The van der Waals surface area contributed by atoms with Gasteiger partial charge in [-0.2, -0.15) is 4.98 Å². The van der Waals surface area contributed by atoms with Crippen LogP contribution in [0.1, 0.15) is 84.6 Å². The van der Waals surface area contributed by atoms with Crippen molar-refractivity contribution in [3.63, 3.8) is 0 Å². The molecule has 1 aromatic heterocycles. The van der Waals surface area contributed by atoms with Crippen LogP contribution in [-0.4, -0.2) is 44.1 Å². The average molecular weight is 523 g/mol. The van der Waals surface area contributed by atoms with Gasteiger partial charge in [0.25, 0.3) is 5.89 Å². The van der Waals surface area contributed by atoms with Crippen molar-refractivity contribution in [1.82, 2.24) is 10.1 Å². The van der Waals surface area contributed by atoms with Crippen LogP contribution in [-0.2, 0) is 0 Å². The van der Waals surface area contributed by atoms with Gasteiger partial charge in [0, 0.05) is 23.5 Å². The molecular weight excluding hydrogens is 491 g/mol. The van der Waals surface area contributed by atoms with Crippen molar-refractivity contribution in [3.8, 4) is 17.1 Å². The molecule has 2 aliphatic rings. The molecule has 0 spiro atoms. The Morgan fingerprint density at radius 3 is 2.47 bits per heavy atom. The van der Waals surface area contributed by atoms with Crippen LogP contribution in [0.15, 0.2) is 47.0 Å². The van der Waals surface area contributed by atoms with E-state index in [9.17, 15) is 24.2 Å². The van der Waals surface area contributed by atoms with Crippen molar-refractivity contribution < 1.29 is 33.5 Å². The molecule has 2 fully saturated rings. The van der Waals surface area contributed by atoms with E-state index in [1.165, 1.54) is 12.1 Å². The number of nitrogens with zero attached hydrogens (tertiary/aromatic N) is 2. The first kappa shape index (κ1) is 26.2. The molecule has 8 nitrogen and oxygen atoms in total. The summed E-state index contributed by atoms with van der Waals surface area (Å²) in [7, 11) is 0. The fourth-order valence-corrected chi connectivity index (χ4v) is 4.95. The van der Waals surface area contributed by atoms with E-state index in [0.717, 1.165) is 12.8 Å². The van der Waals surface area contributed by atoms with Gasteiger partial charge < -0.3 is 19.5 Å². The van der Waals surface area contributed by atoms with Crippen molar-refractivity contribution in [3.05, 3.63) is 65.3 Å². The van der Waals surface area contributed by atoms with Gasteiger partial charge in [0.05, 0.1) is 17.8 Å². The summed E-state index contributed by atoms with van der Waals surface area (Å²) in [6.07, 6.45) is 2.46. The second-order valence-corrected chi connectivity index (χ2v) is 10.4. The molecule has 0 saturated heterocycles. The maximum atomic E-state index is 14.8. The van der Waals surface area contributed by atoms with Crippen LogP contribution in [0.2, 0.25) is 0 Å². The number of Topliss-reactive ketones (excluding diaryl/α,β-unsaturated/α-hetero) is 2. The third-order valence-electron chi connectivity index (χ3n) is 7.33. The van der Waals surface area contributed by atoms with Gasteiger partial charge >= 0.3 is 0 Å². The lowest BCUT2D eigenvalue weighted by Gasteiger charge is -2.11. The minimum atomic E-state index is -0.698. The smallest absolute Gasteiger partial charge is 0.267 e. The lowest BCUT2D eigenvalue weighted by atomic mass is 9.97. The van der Waals surface area contributed by atoms with E-state index < -0.39 is 24.1 Å². The zero-order valence-electron chi connectivity index (χ0n) is 21.2. The van der Waals surface area contributed by atoms with Crippen LogP contribution in [0.25, 0.3) is 11.4 Å². The number of hydrogen-bond acceptors (Lipinski definition) is 8. The molecule has 2 N–H and O–H groups in total. The number of carbonyl (C=O) groups is 2. The summed E-state index contributed by atoms with van der Waals surface area (Å²) in [5.41, 5.74) is 1.05. The highest BCUT2D eigenvalue weighted by molar-refractivity contribution is 5.99. The first-order chi connectivity index (χ1) is 18.3. The number of aliphatic hydroxyl groups excluding tert-OH is 2. The number of aliphatic hydroxyl groups is 2. The summed E-state index contributed by atoms with van der Waals surface area (Å²) < 4.78 is 26.0. The van der Waals surface area contributed by atoms with Gasteiger partial charge in [-0.15, -0.1) is 0 Å². The van der Waals surface area contributed by atoms with Crippen molar-refractivity contribution in [2.24, 2.45) is 11.8 Å². The summed E-state index contributed by atoms with van der Waals surface area (Å²) in [4.78, 5) is 29.0. The Balaban J connectivity index is 1.16. The fraction of sp³-hybridized carbons (Fsp3) is 0.448. The molecule has 0 amide bonds. The summed E-state index contributed by atoms with van der Waals surface area (Å²) >= 11 is 0. The highest BCUT2D eigenvalue weighted by Crippen LogP contribution is 2.33. The Labute approximate surface area is 219 Å². The molecule has 0 aliphatic heterocycles. The Bertz CT molecular complexity index is 1290. The predicted molar refractivity (Wildman–Crippen MR) is 135 cm³/mol. The number of halogens is 1. The topological polar surface area (TPSA) is 123 Å². The molecule has 1 heterocycles. The Hall–Kier alpha value is -3.43. The normalized spacial score (nSPS) is 20.4. The molecule has 5 rings (SSSR count). The molecule has 0 unspecified atom stereocenters. The number of hydrogen-bond donors (Lipinski definition) is 2. The second-order valence-electron chi connectivity index (χ2n) is 10.4. The standard InChI is InChI=1S/C29H31FN2O6/c1-16(37-21-10-7-19(8-11-21)27(36)18-5-6-18)29-31-28(32-38-29)20-9-12-22(23(30)15-20)24(33)4-2-3-17-13-25(34)26(35)14-17/h7-12,15-18,25-26,34-35H,2-6,13-14H2,1H3/t16-,25-,26-/m1/s1. The number of benzene rings is 2. The van der Waals surface area contributed by atoms with Crippen LogP contribution in [0, 0.1) is 17.7 Å². The molecule has 3 aromatic rings. The number of rotatable bonds is 11. The monoisotopic (exact) mass is 522 g/mol. The molecule has 0 bridgehead atoms. The van der Waals surface area contributed by atoms with Crippen molar-refractivity contribution in [1.29, 1.82) is 0 Å². The van der Waals surface area contributed by atoms with Gasteiger partial charge in [0.15, 0.2) is 17.7 Å². The maximum absolute atomic E-state index is 14.8. The minimum Gasteiger partial charge on any atom is -0.481 e. The SMILES string of the molecule is C[C@@H](Oc1ccc(C(=O)C2CC2)cc1)c1nc(-c2ccc(C(=O)CCCC3C[C@@H](O)[C@H](O)C3)c(F)c2)no1. The van der Waals surface area contributed by atoms with Gasteiger partial charge in [-0.05, 0) is 87.8 Å². The Morgan fingerprint density at radius 2 is 1.82 bits per heavy atom. The molecule has 200 valence electrons. The number of ether oxygens (including phenoxy) is 1. The van der Waals surface area contributed by atoms with E-state index in [1.54, 1.807) is 37.3 Å². The average Bonchev–Trinajstić information content (AvgIpc) is 3.54. The molecule has 2 aromatic carbocycles. The van der Waals surface area contributed by atoms with Gasteiger partial charge in [-0.1, -0.05) is 11.2 Å². The second kappa shape index (κ2) is 11.1. The van der Waals surface area contributed by atoms with Crippen molar-refractivity contribution in [2.45, 2.75) is 70.2 Å². The molecule has 38 heavy (non-hydrogen) atoms. The van der Waals surface area contributed by atoms with E-state index in [4.69, 9.17) is 9.26 Å². The van der Waals surface area contributed by atoms with Crippen molar-refractivity contribution in [2.75, 3.05) is 0 Å². The van der Waals surface area contributed by atoms with E-state index in [0.29, 0.717) is 42.6 Å². The first-order valence-electron chi connectivity index (χ1n) is 13.1. The molecule has 0 radical (unpaired) electrons. The van der Waals surface area contributed by atoms with E-state index in [1.807, 2.05) is 0 Å². The molecule has 2 saturated carbocycles. The largest absolute Gasteiger partial charge is 0.481 e. The summed E-state index contributed by atoms with van der Waals surface area (Å²) in [5, 5.41) is 23.2. The summed E-state index contributed by atoms with van der Waals surface area (Å²) in [5.74, 6) is 0.482. The highest BCUT2D eigenvalue weighted by atomic mass is 19.1. The fourth-order valence-electron chi connectivity index (χ4n) is 4.95. The van der Waals surface area contributed by atoms with Gasteiger partial charge in [0.2, 0.25) is 5.82 Å². The zero-order chi connectivity index (χ0) is 26.8. The number of ketones is 2. The van der Waals surface area contributed by atoms with Crippen molar-refractivity contribution >= 4 is 11.6 Å². The van der Waals surface area contributed by atoms with E-state index in [2.05, 4.69) is 10.1 Å². The third kappa shape index (κ3) is 6.00. The predicted octanol–water partition coefficient (Wildman–Crippen LogP) is 5.09. The van der Waals surface area contributed by atoms with Crippen LogP contribution in [0.4, 0.5) is 4.39 Å². The first-order valence-corrected chi connectivity index (χ1v) is 13.1. The van der Waals surface area contributed by atoms with Crippen LogP contribution in [0.3, 0.4) is 0 Å². The van der Waals surface area contributed by atoms with Gasteiger partial charge in [0.1, 0.15) is 11.6 Å². The summed E-state index contributed by atoms with van der Waals surface area (Å²) in [6.45, 7) is 1.75. The Kier molecular flexibility index (Phi) is 7.67. The lowest BCUT2D eigenvalue weighted by molar-refractivity contribution is 0.0438. The quantitative estimate of drug-likeness (QED) is 0.334. The lowest BCUT2D eigenvalue weighted by Crippen LogP contribution is -2.17. The van der Waals surface area contributed by atoms with Crippen LogP contribution >= 0.6 is 0 Å². The maximum Gasteiger partial charge on any atom is 0.267 e. The summed E-state index contributed by atoms with van der Waals surface area (Å²) in [6, 6.07) is 11.2. The van der Waals surface area contributed by atoms with Crippen LogP contribution in [0.5, 0.6) is 5.75 Å². The number of carbonyl (C=O) groups excluding carboxylic acids is 2. The van der Waals surface area contributed by atoms with E-state index >= 15 is 0 Å². The zero-order valence-corrected chi connectivity index (χ0v) is 21.2. The Morgan fingerprint density at radius 1 is 1.11 bits per heavy atom. The molecular formula is C29H31FN2O6. The van der Waals surface area contributed by atoms with Gasteiger partial charge in [-0.25, -0.2) is 4.39 Å². The number of aromatic nitrogens is 2. The highest BCUT2D eigenvalue weighted by Gasteiger charge is 2.31. The van der Waals surface area contributed by atoms with E-state index in [-0.39, 0.29) is 47.1 Å². The minimum absolute atomic E-state index is 0.00396. The molecule has 9 heteroatoms.